The number of nitrogens with zero attached hydrogens (tertiary/aromatic N) is 3. The number of carboxylic acid groups (broad SMARTS) is 1. The SMILES string of the molecule is CCCC(CC(=O)N(CCC(=O)O)C1CC1)n1ccnc1. The van der Waals surface area contributed by atoms with E-state index >= 15 is 0 Å². The summed E-state index contributed by atoms with van der Waals surface area (Å²) in [4.78, 5) is 29.0. The molecule has 1 N–H and O–H groups in total. The zero-order valence-electron chi connectivity index (χ0n) is 12.4. The van der Waals surface area contributed by atoms with E-state index in [-0.39, 0.29) is 24.4 Å². The van der Waals surface area contributed by atoms with Gasteiger partial charge in [0.1, 0.15) is 0 Å². The standard InChI is InChI=1S/C15H23N3O3/c1-2-3-13(17-9-7-16-11-17)10-14(19)18(12-4-5-12)8-6-15(20)21/h7,9,11-13H,2-6,8,10H2,1H3,(H,20,21). The molecule has 1 aromatic rings. The van der Waals surface area contributed by atoms with Crippen LogP contribution in [0.1, 0.15) is 51.5 Å². The van der Waals surface area contributed by atoms with Crippen molar-refractivity contribution < 1.29 is 14.7 Å². The number of carboxylic acids is 1. The van der Waals surface area contributed by atoms with Gasteiger partial charge in [0.2, 0.25) is 5.91 Å². The third-order valence-electron chi connectivity index (χ3n) is 3.85. The predicted octanol–water partition coefficient (Wildman–Crippen LogP) is 2.08. The molecule has 1 fully saturated rings. The lowest BCUT2D eigenvalue weighted by Crippen LogP contribution is -2.36. The highest BCUT2D eigenvalue weighted by atomic mass is 16.4. The second-order valence-electron chi connectivity index (χ2n) is 5.62. The van der Waals surface area contributed by atoms with Crippen molar-refractivity contribution in [2.24, 2.45) is 0 Å². The predicted molar refractivity (Wildman–Crippen MR) is 77.8 cm³/mol. The van der Waals surface area contributed by atoms with Gasteiger partial charge in [-0.3, -0.25) is 9.59 Å². The first-order chi connectivity index (χ1) is 10.1. The fourth-order valence-corrected chi connectivity index (χ4v) is 2.61. The number of carbonyl (C=O) groups is 2. The molecule has 1 aliphatic rings. The topological polar surface area (TPSA) is 75.4 Å². The molecule has 1 heterocycles. The van der Waals surface area contributed by atoms with Gasteiger partial charge in [-0.2, -0.15) is 0 Å². The molecule has 0 bridgehead atoms. The second kappa shape index (κ2) is 7.24. The van der Waals surface area contributed by atoms with Gasteiger partial charge in [0.05, 0.1) is 12.7 Å². The summed E-state index contributed by atoms with van der Waals surface area (Å²) in [6.45, 7) is 2.42. The lowest BCUT2D eigenvalue weighted by atomic mass is 10.1. The summed E-state index contributed by atoms with van der Waals surface area (Å²) in [5.41, 5.74) is 0. The highest BCUT2D eigenvalue weighted by molar-refractivity contribution is 5.78. The number of rotatable bonds is 9. The lowest BCUT2D eigenvalue weighted by molar-refractivity contribution is -0.138. The highest BCUT2D eigenvalue weighted by Crippen LogP contribution is 2.29. The van der Waals surface area contributed by atoms with Crippen LogP contribution in [0.3, 0.4) is 0 Å². The molecule has 0 spiro atoms. The minimum atomic E-state index is -0.854. The number of aromatic nitrogens is 2. The molecule has 2 rings (SSSR count). The van der Waals surface area contributed by atoms with E-state index < -0.39 is 5.97 Å². The number of carbonyl (C=O) groups excluding carboxylic acids is 1. The van der Waals surface area contributed by atoms with Gasteiger partial charge in [-0.15, -0.1) is 0 Å². The lowest BCUT2D eigenvalue weighted by Gasteiger charge is -2.25. The first-order valence-corrected chi connectivity index (χ1v) is 7.60. The van der Waals surface area contributed by atoms with E-state index in [1.807, 2.05) is 10.8 Å². The van der Waals surface area contributed by atoms with Gasteiger partial charge < -0.3 is 14.6 Å². The summed E-state index contributed by atoms with van der Waals surface area (Å²) in [7, 11) is 0. The monoisotopic (exact) mass is 293 g/mol. The quantitative estimate of drug-likeness (QED) is 0.756. The Bertz CT molecular complexity index is 469. The van der Waals surface area contributed by atoms with Crippen molar-refractivity contribution in [3.63, 3.8) is 0 Å². The van der Waals surface area contributed by atoms with Crippen LogP contribution in [0, 0.1) is 0 Å². The average Bonchev–Trinajstić information content (AvgIpc) is 3.12. The summed E-state index contributed by atoms with van der Waals surface area (Å²) in [5.74, 6) is -0.793. The molecule has 0 aromatic carbocycles. The van der Waals surface area contributed by atoms with Crippen molar-refractivity contribution in [1.29, 1.82) is 0 Å². The van der Waals surface area contributed by atoms with Crippen LogP contribution in [-0.4, -0.2) is 44.0 Å². The third-order valence-corrected chi connectivity index (χ3v) is 3.85. The van der Waals surface area contributed by atoms with Crippen LogP contribution in [0.5, 0.6) is 0 Å². The maximum Gasteiger partial charge on any atom is 0.305 e. The number of hydrogen-bond donors (Lipinski definition) is 1. The Hall–Kier alpha value is -1.85. The normalized spacial score (nSPS) is 15.7. The number of amides is 1. The molecule has 1 amide bonds. The van der Waals surface area contributed by atoms with Gasteiger partial charge in [-0.05, 0) is 19.3 Å². The Labute approximate surface area is 124 Å². The molecule has 21 heavy (non-hydrogen) atoms. The van der Waals surface area contributed by atoms with Crippen LogP contribution in [-0.2, 0) is 9.59 Å². The van der Waals surface area contributed by atoms with E-state index in [4.69, 9.17) is 5.11 Å². The Morgan fingerprint density at radius 1 is 1.48 bits per heavy atom. The maximum atomic E-state index is 12.5. The van der Waals surface area contributed by atoms with Gasteiger partial charge in [-0.1, -0.05) is 13.3 Å². The Balaban J connectivity index is 1.97. The molecular weight excluding hydrogens is 270 g/mol. The summed E-state index contributed by atoms with van der Waals surface area (Å²) in [5, 5.41) is 8.81. The van der Waals surface area contributed by atoms with Crippen LogP contribution in [0.15, 0.2) is 18.7 Å². The number of hydrogen-bond acceptors (Lipinski definition) is 3. The van der Waals surface area contributed by atoms with Crippen LogP contribution in [0.25, 0.3) is 0 Å². The van der Waals surface area contributed by atoms with Crippen molar-refractivity contribution >= 4 is 11.9 Å². The van der Waals surface area contributed by atoms with Gasteiger partial charge in [0.25, 0.3) is 0 Å². The fraction of sp³-hybridized carbons (Fsp3) is 0.667. The fourth-order valence-electron chi connectivity index (χ4n) is 2.61. The van der Waals surface area contributed by atoms with Crippen LogP contribution in [0.4, 0.5) is 0 Å². The largest absolute Gasteiger partial charge is 0.481 e. The summed E-state index contributed by atoms with van der Waals surface area (Å²) >= 11 is 0. The Morgan fingerprint density at radius 3 is 2.76 bits per heavy atom. The van der Waals surface area contributed by atoms with Crippen LogP contribution < -0.4 is 0 Å². The van der Waals surface area contributed by atoms with Crippen molar-refractivity contribution in [1.82, 2.24) is 14.5 Å². The highest BCUT2D eigenvalue weighted by Gasteiger charge is 2.33. The van der Waals surface area contributed by atoms with Gasteiger partial charge in [0.15, 0.2) is 0 Å². The number of aliphatic carboxylic acids is 1. The first kappa shape index (κ1) is 15.5. The minimum Gasteiger partial charge on any atom is -0.481 e. The molecule has 1 aromatic heterocycles. The van der Waals surface area contributed by atoms with E-state index in [0.717, 1.165) is 25.7 Å². The molecule has 1 unspecified atom stereocenters. The molecule has 0 saturated heterocycles. The average molecular weight is 293 g/mol. The Kier molecular flexibility index (Phi) is 5.36. The Morgan fingerprint density at radius 2 is 2.24 bits per heavy atom. The van der Waals surface area contributed by atoms with Gasteiger partial charge in [-0.25, -0.2) is 4.98 Å². The molecular formula is C15H23N3O3. The second-order valence-corrected chi connectivity index (χ2v) is 5.62. The zero-order chi connectivity index (χ0) is 15.2. The molecule has 0 aliphatic heterocycles. The van der Waals surface area contributed by atoms with E-state index in [2.05, 4.69) is 11.9 Å². The van der Waals surface area contributed by atoms with E-state index in [0.29, 0.717) is 13.0 Å². The molecule has 6 nitrogen and oxygen atoms in total. The molecule has 0 radical (unpaired) electrons. The number of imidazole rings is 1. The zero-order valence-corrected chi connectivity index (χ0v) is 12.4. The molecule has 1 saturated carbocycles. The molecule has 1 aliphatic carbocycles. The summed E-state index contributed by atoms with van der Waals surface area (Å²) in [6, 6.07) is 0.359. The van der Waals surface area contributed by atoms with Crippen molar-refractivity contribution in [2.45, 2.75) is 57.5 Å². The molecule has 116 valence electrons. The third kappa shape index (κ3) is 4.58. The van der Waals surface area contributed by atoms with Crippen molar-refractivity contribution in [3.8, 4) is 0 Å². The van der Waals surface area contributed by atoms with Gasteiger partial charge >= 0.3 is 5.97 Å². The first-order valence-electron chi connectivity index (χ1n) is 7.60. The van der Waals surface area contributed by atoms with Gasteiger partial charge in [0, 0.05) is 37.4 Å². The van der Waals surface area contributed by atoms with E-state index in [1.54, 1.807) is 17.4 Å². The molecule has 1 atom stereocenters. The van der Waals surface area contributed by atoms with Crippen LogP contribution in [0.2, 0.25) is 0 Å². The van der Waals surface area contributed by atoms with Crippen molar-refractivity contribution in [3.05, 3.63) is 18.7 Å². The summed E-state index contributed by atoms with van der Waals surface area (Å²) in [6.07, 6.45) is 9.68. The minimum absolute atomic E-state index is 0.0196. The van der Waals surface area contributed by atoms with E-state index in [9.17, 15) is 9.59 Å². The smallest absolute Gasteiger partial charge is 0.305 e. The summed E-state index contributed by atoms with van der Waals surface area (Å²) < 4.78 is 1.98. The van der Waals surface area contributed by atoms with Crippen LogP contribution >= 0.6 is 0 Å². The maximum absolute atomic E-state index is 12.5. The van der Waals surface area contributed by atoms with E-state index in [1.165, 1.54) is 0 Å². The van der Waals surface area contributed by atoms with Crippen molar-refractivity contribution in [2.75, 3.05) is 6.54 Å². The molecule has 6 heteroatoms.